The first-order chi connectivity index (χ1) is 14.6. The van der Waals surface area contributed by atoms with Gasteiger partial charge in [0.2, 0.25) is 0 Å². The van der Waals surface area contributed by atoms with E-state index in [1.165, 1.54) is 17.7 Å². The summed E-state index contributed by atoms with van der Waals surface area (Å²) >= 11 is 0. The minimum absolute atomic E-state index is 0.105. The number of hydrogen-bond acceptors (Lipinski definition) is 3. The van der Waals surface area contributed by atoms with Crippen LogP contribution in [0.25, 0.3) is 0 Å². The Kier molecular flexibility index (Phi) is 7.65. The van der Waals surface area contributed by atoms with Gasteiger partial charge in [-0.3, -0.25) is 0 Å². The zero-order valence-electron chi connectivity index (χ0n) is 18.4. The maximum Gasteiger partial charge on any atom is 0.419 e. The molecule has 0 unspecified atom stereocenters. The fourth-order valence-electron chi connectivity index (χ4n) is 3.67. The number of aryl methyl sites for hydroxylation is 3. The summed E-state index contributed by atoms with van der Waals surface area (Å²) in [7, 11) is 0. The summed E-state index contributed by atoms with van der Waals surface area (Å²) in [6.07, 6.45) is -1.79. The van der Waals surface area contributed by atoms with Crippen LogP contribution in [0.2, 0.25) is 0 Å². The number of rotatable bonds is 8. The minimum atomic E-state index is -4.46. The summed E-state index contributed by atoms with van der Waals surface area (Å²) in [6, 6.07) is 12.5. The van der Waals surface area contributed by atoms with Crippen LogP contribution in [0.15, 0.2) is 42.5 Å². The SMILES string of the molecule is Cc1cccc(CCCOc2ccc(CCC3COC(C)(C)OC3)cc2C(F)(F)F)c1. The van der Waals surface area contributed by atoms with E-state index in [2.05, 4.69) is 6.07 Å². The Labute approximate surface area is 182 Å². The lowest BCUT2D eigenvalue weighted by Crippen LogP contribution is -2.39. The van der Waals surface area contributed by atoms with E-state index in [-0.39, 0.29) is 18.3 Å². The van der Waals surface area contributed by atoms with Crippen LogP contribution in [0.3, 0.4) is 0 Å². The van der Waals surface area contributed by atoms with Crippen molar-refractivity contribution in [3.05, 3.63) is 64.7 Å². The second-order valence-corrected chi connectivity index (χ2v) is 8.70. The second kappa shape index (κ2) is 10.0. The van der Waals surface area contributed by atoms with Crippen molar-refractivity contribution in [2.75, 3.05) is 19.8 Å². The van der Waals surface area contributed by atoms with Crippen LogP contribution in [-0.4, -0.2) is 25.6 Å². The molecule has 2 aromatic carbocycles. The molecule has 1 aliphatic heterocycles. The Hall–Kier alpha value is -2.05. The highest BCUT2D eigenvalue weighted by atomic mass is 19.4. The van der Waals surface area contributed by atoms with Gasteiger partial charge in [0.05, 0.1) is 25.4 Å². The summed E-state index contributed by atoms with van der Waals surface area (Å²) < 4.78 is 57.6. The van der Waals surface area contributed by atoms with Gasteiger partial charge in [0.25, 0.3) is 0 Å². The average Bonchev–Trinajstić information content (AvgIpc) is 2.70. The highest BCUT2D eigenvalue weighted by molar-refractivity contribution is 5.39. The molecule has 0 N–H and O–H groups in total. The predicted molar refractivity (Wildman–Crippen MR) is 114 cm³/mol. The Morgan fingerprint density at radius 1 is 1.00 bits per heavy atom. The number of benzene rings is 2. The molecule has 0 radical (unpaired) electrons. The zero-order chi connectivity index (χ0) is 22.5. The quantitative estimate of drug-likeness (QED) is 0.451. The standard InChI is InChI=1S/C25H31F3O3/c1-18-6-4-7-19(14-18)8-5-13-29-23-12-11-20(15-22(23)25(26,27)28)9-10-21-16-30-24(2,3)31-17-21/h4,6-7,11-12,14-15,21H,5,8-10,13,16-17H2,1-3H3. The molecule has 1 saturated heterocycles. The van der Waals surface area contributed by atoms with Gasteiger partial charge in [-0.2, -0.15) is 13.2 Å². The van der Waals surface area contributed by atoms with Gasteiger partial charge in [0.15, 0.2) is 5.79 Å². The number of halogens is 3. The third-order valence-corrected chi connectivity index (χ3v) is 5.47. The molecule has 0 bridgehead atoms. The fraction of sp³-hybridized carbons (Fsp3) is 0.520. The van der Waals surface area contributed by atoms with Crippen molar-refractivity contribution in [2.45, 2.75) is 58.4 Å². The van der Waals surface area contributed by atoms with E-state index in [0.717, 1.165) is 12.0 Å². The molecule has 0 atom stereocenters. The third-order valence-electron chi connectivity index (χ3n) is 5.47. The van der Waals surface area contributed by atoms with Crippen molar-refractivity contribution in [1.29, 1.82) is 0 Å². The lowest BCUT2D eigenvalue weighted by atomic mass is 9.98. The Bertz CT molecular complexity index is 851. The van der Waals surface area contributed by atoms with Crippen molar-refractivity contribution in [2.24, 2.45) is 5.92 Å². The Balaban J connectivity index is 1.55. The van der Waals surface area contributed by atoms with Crippen molar-refractivity contribution in [3.8, 4) is 5.75 Å². The maximum absolute atomic E-state index is 13.6. The van der Waals surface area contributed by atoms with E-state index in [4.69, 9.17) is 14.2 Å². The number of alkyl halides is 3. The first kappa shape index (κ1) is 23.6. The van der Waals surface area contributed by atoms with Crippen molar-refractivity contribution in [3.63, 3.8) is 0 Å². The summed E-state index contributed by atoms with van der Waals surface area (Å²) in [5.41, 5.74) is 2.26. The summed E-state index contributed by atoms with van der Waals surface area (Å²) in [5.74, 6) is -0.510. The van der Waals surface area contributed by atoms with Gasteiger partial charge in [-0.25, -0.2) is 0 Å². The van der Waals surface area contributed by atoms with Gasteiger partial charge in [0.1, 0.15) is 5.75 Å². The lowest BCUT2D eigenvalue weighted by molar-refractivity contribution is -0.262. The van der Waals surface area contributed by atoms with Gasteiger partial charge in [-0.05, 0) is 69.7 Å². The van der Waals surface area contributed by atoms with Crippen LogP contribution >= 0.6 is 0 Å². The molecule has 0 aromatic heterocycles. The van der Waals surface area contributed by atoms with E-state index in [0.29, 0.717) is 38.0 Å². The first-order valence-electron chi connectivity index (χ1n) is 10.8. The molecule has 1 aliphatic rings. The van der Waals surface area contributed by atoms with Gasteiger partial charge in [-0.15, -0.1) is 0 Å². The summed E-state index contributed by atoms with van der Waals surface area (Å²) in [6.45, 7) is 7.09. The van der Waals surface area contributed by atoms with Crippen molar-refractivity contribution in [1.82, 2.24) is 0 Å². The monoisotopic (exact) mass is 436 g/mol. The molecule has 0 aliphatic carbocycles. The smallest absolute Gasteiger partial charge is 0.419 e. The highest BCUT2D eigenvalue weighted by Crippen LogP contribution is 2.37. The third kappa shape index (κ3) is 7.25. The molecule has 6 heteroatoms. The van der Waals surface area contributed by atoms with Gasteiger partial charge in [0, 0.05) is 5.92 Å². The molecule has 2 aromatic rings. The van der Waals surface area contributed by atoms with Crippen LogP contribution in [0.5, 0.6) is 5.75 Å². The highest BCUT2D eigenvalue weighted by Gasteiger charge is 2.35. The fourth-order valence-corrected chi connectivity index (χ4v) is 3.67. The molecule has 0 spiro atoms. The van der Waals surface area contributed by atoms with Crippen LogP contribution < -0.4 is 4.74 Å². The Morgan fingerprint density at radius 2 is 1.71 bits per heavy atom. The molecular formula is C25H31F3O3. The van der Waals surface area contributed by atoms with E-state index in [1.807, 2.05) is 39.0 Å². The van der Waals surface area contributed by atoms with Crippen LogP contribution in [-0.2, 0) is 28.5 Å². The average molecular weight is 437 g/mol. The van der Waals surface area contributed by atoms with Crippen molar-refractivity contribution < 1.29 is 27.4 Å². The van der Waals surface area contributed by atoms with Crippen molar-refractivity contribution >= 4 is 0 Å². The second-order valence-electron chi connectivity index (χ2n) is 8.70. The van der Waals surface area contributed by atoms with Gasteiger partial charge >= 0.3 is 6.18 Å². The topological polar surface area (TPSA) is 27.7 Å². The molecule has 31 heavy (non-hydrogen) atoms. The van der Waals surface area contributed by atoms with Crippen LogP contribution in [0, 0.1) is 12.8 Å². The van der Waals surface area contributed by atoms with E-state index < -0.39 is 17.5 Å². The summed E-state index contributed by atoms with van der Waals surface area (Å²) in [5, 5.41) is 0. The molecule has 0 amide bonds. The van der Waals surface area contributed by atoms with Gasteiger partial charge in [-0.1, -0.05) is 35.9 Å². The van der Waals surface area contributed by atoms with E-state index in [1.54, 1.807) is 6.07 Å². The first-order valence-corrected chi connectivity index (χ1v) is 10.8. The number of hydrogen-bond donors (Lipinski definition) is 0. The number of ether oxygens (including phenoxy) is 3. The van der Waals surface area contributed by atoms with Crippen LogP contribution in [0.4, 0.5) is 13.2 Å². The largest absolute Gasteiger partial charge is 0.493 e. The Morgan fingerprint density at radius 3 is 2.39 bits per heavy atom. The molecule has 3 nitrogen and oxygen atoms in total. The molecule has 170 valence electrons. The summed E-state index contributed by atoms with van der Waals surface area (Å²) in [4.78, 5) is 0. The van der Waals surface area contributed by atoms with Gasteiger partial charge < -0.3 is 14.2 Å². The molecule has 1 fully saturated rings. The molecular weight excluding hydrogens is 405 g/mol. The maximum atomic E-state index is 13.6. The minimum Gasteiger partial charge on any atom is -0.493 e. The predicted octanol–water partition coefficient (Wildman–Crippen LogP) is 6.36. The normalized spacial score (nSPS) is 17.0. The van der Waals surface area contributed by atoms with E-state index >= 15 is 0 Å². The molecule has 3 rings (SSSR count). The molecule has 1 heterocycles. The molecule has 0 saturated carbocycles. The van der Waals surface area contributed by atoms with E-state index in [9.17, 15) is 13.2 Å². The lowest BCUT2D eigenvalue weighted by Gasteiger charge is -2.35. The van der Waals surface area contributed by atoms with Crippen LogP contribution in [0.1, 0.15) is 48.9 Å². The zero-order valence-corrected chi connectivity index (χ0v) is 18.4.